The van der Waals surface area contributed by atoms with Crippen LogP contribution < -0.4 is 10.6 Å². The molecule has 3 rings (SSSR count). The summed E-state index contributed by atoms with van der Waals surface area (Å²) in [4.78, 5) is 16.4. The SMILES string of the molecule is Cc1c(NC(=O)CCCC2CCNCC2)cccc1-c1ncco1. The molecule has 1 fully saturated rings. The zero-order valence-electron chi connectivity index (χ0n) is 14.2. The number of benzene rings is 1. The maximum Gasteiger partial charge on any atom is 0.226 e. The Balaban J connectivity index is 1.53. The van der Waals surface area contributed by atoms with Crippen molar-refractivity contribution in [3.8, 4) is 11.5 Å². The number of oxazole rings is 1. The molecule has 0 spiro atoms. The third kappa shape index (κ3) is 4.23. The van der Waals surface area contributed by atoms with Crippen molar-refractivity contribution in [1.82, 2.24) is 10.3 Å². The molecule has 0 bridgehead atoms. The van der Waals surface area contributed by atoms with Gasteiger partial charge in [-0.25, -0.2) is 4.98 Å². The standard InChI is InChI=1S/C19H25N3O2/c1-14-16(19-21-12-13-24-19)5-3-6-17(14)22-18(23)7-2-4-15-8-10-20-11-9-15/h3,5-6,12-13,15,20H,2,4,7-11H2,1H3,(H,22,23). The van der Waals surface area contributed by atoms with Gasteiger partial charge in [-0.1, -0.05) is 6.07 Å². The molecular weight excluding hydrogens is 302 g/mol. The number of amides is 1. The highest BCUT2D eigenvalue weighted by atomic mass is 16.3. The fraction of sp³-hybridized carbons (Fsp3) is 0.474. The Hall–Kier alpha value is -2.14. The Labute approximate surface area is 142 Å². The van der Waals surface area contributed by atoms with Crippen LogP contribution in [0.3, 0.4) is 0 Å². The average Bonchev–Trinajstić information content (AvgIpc) is 3.12. The van der Waals surface area contributed by atoms with Gasteiger partial charge < -0.3 is 15.1 Å². The maximum atomic E-state index is 12.2. The number of aromatic nitrogens is 1. The lowest BCUT2D eigenvalue weighted by Crippen LogP contribution is -2.27. The Morgan fingerprint density at radius 3 is 2.96 bits per heavy atom. The second-order valence-electron chi connectivity index (χ2n) is 6.45. The first-order chi connectivity index (χ1) is 11.7. The predicted molar refractivity (Wildman–Crippen MR) is 94.8 cm³/mol. The van der Waals surface area contributed by atoms with Gasteiger partial charge in [0.1, 0.15) is 6.26 Å². The first-order valence-electron chi connectivity index (χ1n) is 8.74. The molecule has 0 radical (unpaired) electrons. The van der Waals surface area contributed by atoms with Crippen molar-refractivity contribution in [2.24, 2.45) is 5.92 Å². The topological polar surface area (TPSA) is 67.2 Å². The van der Waals surface area contributed by atoms with Gasteiger partial charge in [0, 0.05) is 17.7 Å². The fourth-order valence-corrected chi connectivity index (χ4v) is 3.29. The van der Waals surface area contributed by atoms with E-state index in [2.05, 4.69) is 15.6 Å². The highest BCUT2D eigenvalue weighted by Crippen LogP contribution is 2.27. The molecule has 0 aliphatic carbocycles. The molecular formula is C19H25N3O2. The smallest absolute Gasteiger partial charge is 0.226 e. The summed E-state index contributed by atoms with van der Waals surface area (Å²) in [5, 5.41) is 6.41. The van der Waals surface area contributed by atoms with Gasteiger partial charge in [0.15, 0.2) is 0 Å². The van der Waals surface area contributed by atoms with Crippen molar-refractivity contribution in [3.05, 3.63) is 36.2 Å². The number of nitrogens with zero attached hydrogens (tertiary/aromatic N) is 1. The molecule has 1 aromatic heterocycles. The highest BCUT2D eigenvalue weighted by molar-refractivity contribution is 5.92. The summed E-state index contributed by atoms with van der Waals surface area (Å²) in [5.74, 6) is 1.43. The molecule has 1 aliphatic heterocycles. The molecule has 1 aliphatic rings. The third-order valence-corrected chi connectivity index (χ3v) is 4.75. The second kappa shape index (κ2) is 8.11. The van der Waals surface area contributed by atoms with Crippen LogP contribution in [0.25, 0.3) is 11.5 Å². The number of anilines is 1. The molecule has 0 atom stereocenters. The molecule has 0 saturated carbocycles. The third-order valence-electron chi connectivity index (χ3n) is 4.75. The number of carbonyl (C=O) groups excluding carboxylic acids is 1. The number of hydrogen-bond acceptors (Lipinski definition) is 4. The van der Waals surface area contributed by atoms with Crippen LogP contribution >= 0.6 is 0 Å². The van der Waals surface area contributed by atoms with E-state index in [1.54, 1.807) is 12.5 Å². The van der Waals surface area contributed by atoms with Gasteiger partial charge in [0.05, 0.1) is 6.20 Å². The van der Waals surface area contributed by atoms with Gasteiger partial charge in [0.2, 0.25) is 11.8 Å². The number of rotatable bonds is 6. The van der Waals surface area contributed by atoms with E-state index in [0.717, 1.165) is 48.7 Å². The number of carbonyl (C=O) groups is 1. The van der Waals surface area contributed by atoms with Gasteiger partial charge in [0.25, 0.3) is 0 Å². The zero-order valence-corrected chi connectivity index (χ0v) is 14.2. The van der Waals surface area contributed by atoms with E-state index >= 15 is 0 Å². The molecule has 5 heteroatoms. The molecule has 1 aromatic carbocycles. The normalized spacial score (nSPS) is 15.4. The average molecular weight is 327 g/mol. The van der Waals surface area contributed by atoms with E-state index in [1.165, 1.54) is 12.8 Å². The molecule has 1 saturated heterocycles. The Morgan fingerprint density at radius 1 is 1.38 bits per heavy atom. The van der Waals surface area contributed by atoms with E-state index < -0.39 is 0 Å². The summed E-state index contributed by atoms with van der Waals surface area (Å²) in [6.45, 7) is 4.21. The van der Waals surface area contributed by atoms with Crippen molar-refractivity contribution in [2.45, 2.75) is 39.0 Å². The first-order valence-corrected chi connectivity index (χ1v) is 8.74. The summed E-state index contributed by atoms with van der Waals surface area (Å²) in [5.41, 5.74) is 2.72. The lowest BCUT2D eigenvalue weighted by atomic mass is 9.92. The van der Waals surface area contributed by atoms with Crippen molar-refractivity contribution in [3.63, 3.8) is 0 Å². The van der Waals surface area contributed by atoms with Gasteiger partial charge in [-0.15, -0.1) is 0 Å². The van der Waals surface area contributed by atoms with E-state index in [0.29, 0.717) is 12.3 Å². The summed E-state index contributed by atoms with van der Waals surface area (Å²) in [7, 11) is 0. The Bertz CT molecular complexity index is 661. The highest BCUT2D eigenvalue weighted by Gasteiger charge is 2.14. The fourth-order valence-electron chi connectivity index (χ4n) is 3.29. The molecule has 0 unspecified atom stereocenters. The predicted octanol–water partition coefficient (Wildman–Crippen LogP) is 3.76. The zero-order chi connectivity index (χ0) is 16.8. The van der Waals surface area contributed by atoms with Gasteiger partial charge in [-0.05, 0) is 69.3 Å². The van der Waals surface area contributed by atoms with E-state index in [4.69, 9.17) is 4.42 Å². The lowest BCUT2D eigenvalue weighted by molar-refractivity contribution is -0.116. The van der Waals surface area contributed by atoms with Crippen LogP contribution in [0.2, 0.25) is 0 Å². The summed E-state index contributed by atoms with van der Waals surface area (Å²) >= 11 is 0. The van der Waals surface area contributed by atoms with Crippen molar-refractivity contribution in [2.75, 3.05) is 18.4 Å². The van der Waals surface area contributed by atoms with E-state index in [-0.39, 0.29) is 5.91 Å². The van der Waals surface area contributed by atoms with Crippen LogP contribution in [0, 0.1) is 12.8 Å². The van der Waals surface area contributed by atoms with Crippen molar-refractivity contribution < 1.29 is 9.21 Å². The molecule has 5 nitrogen and oxygen atoms in total. The minimum absolute atomic E-state index is 0.0802. The van der Waals surface area contributed by atoms with E-state index in [1.807, 2.05) is 25.1 Å². The minimum Gasteiger partial charge on any atom is -0.445 e. The van der Waals surface area contributed by atoms with Crippen molar-refractivity contribution in [1.29, 1.82) is 0 Å². The maximum absolute atomic E-state index is 12.2. The van der Waals surface area contributed by atoms with Crippen LogP contribution in [-0.4, -0.2) is 24.0 Å². The lowest BCUT2D eigenvalue weighted by Gasteiger charge is -2.22. The first kappa shape index (κ1) is 16.7. The van der Waals surface area contributed by atoms with Crippen LogP contribution in [0.1, 0.15) is 37.7 Å². The number of piperidine rings is 1. The molecule has 24 heavy (non-hydrogen) atoms. The quantitative estimate of drug-likeness (QED) is 0.848. The Kier molecular flexibility index (Phi) is 5.64. The number of nitrogens with one attached hydrogen (secondary N) is 2. The molecule has 2 N–H and O–H groups in total. The van der Waals surface area contributed by atoms with Crippen molar-refractivity contribution >= 4 is 11.6 Å². The van der Waals surface area contributed by atoms with Crippen LogP contribution in [0.4, 0.5) is 5.69 Å². The molecule has 128 valence electrons. The Morgan fingerprint density at radius 2 is 2.21 bits per heavy atom. The molecule has 2 heterocycles. The number of hydrogen-bond donors (Lipinski definition) is 2. The van der Waals surface area contributed by atoms with Crippen LogP contribution in [-0.2, 0) is 4.79 Å². The second-order valence-corrected chi connectivity index (χ2v) is 6.45. The summed E-state index contributed by atoms with van der Waals surface area (Å²) in [6, 6.07) is 5.79. The monoisotopic (exact) mass is 327 g/mol. The largest absolute Gasteiger partial charge is 0.445 e. The van der Waals surface area contributed by atoms with Crippen LogP contribution in [0.15, 0.2) is 35.1 Å². The van der Waals surface area contributed by atoms with Crippen LogP contribution in [0.5, 0.6) is 0 Å². The van der Waals surface area contributed by atoms with Gasteiger partial charge in [-0.3, -0.25) is 4.79 Å². The molecule has 1 amide bonds. The van der Waals surface area contributed by atoms with Gasteiger partial charge >= 0.3 is 0 Å². The molecule has 2 aromatic rings. The minimum atomic E-state index is 0.0802. The summed E-state index contributed by atoms with van der Waals surface area (Å²) in [6.07, 6.45) is 8.32. The van der Waals surface area contributed by atoms with Gasteiger partial charge in [-0.2, -0.15) is 0 Å². The summed E-state index contributed by atoms with van der Waals surface area (Å²) < 4.78 is 5.36. The van der Waals surface area contributed by atoms with E-state index in [9.17, 15) is 4.79 Å².